The van der Waals surface area contributed by atoms with Crippen molar-refractivity contribution in [1.29, 1.82) is 0 Å². The molecule has 1 atom stereocenters. The molecule has 25 heavy (non-hydrogen) atoms. The molecule has 1 aromatic carbocycles. The lowest BCUT2D eigenvalue weighted by Crippen LogP contribution is -2.42. The smallest absolute Gasteiger partial charge is 0.194 e. The molecule has 2 heterocycles. The summed E-state index contributed by atoms with van der Waals surface area (Å²) in [5.74, 6) is 1.59. The van der Waals surface area contributed by atoms with E-state index < -0.39 is 0 Å². The molecule has 6 nitrogen and oxygen atoms in total. The second-order valence-electron chi connectivity index (χ2n) is 6.49. The highest BCUT2D eigenvalue weighted by atomic mass is 16.5. The molecule has 6 heteroatoms. The fourth-order valence-corrected chi connectivity index (χ4v) is 3.45. The van der Waals surface area contributed by atoms with Crippen molar-refractivity contribution in [3.63, 3.8) is 0 Å². The van der Waals surface area contributed by atoms with Crippen LogP contribution in [0.4, 0.5) is 0 Å². The van der Waals surface area contributed by atoms with Gasteiger partial charge in [0.2, 0.25) is 0 Å². The molecule has 0 bridgehead atoms. The third kappa shape index (κ3) is 4.25. The summed E-state index contributed by atoms with van der Waals surface area (Å²) in [6, 6.07) is 6.03. The number of ether oxygens (including phenoxy) is 1. The number of methoxy groups -OCH3 is 1. The Morgan fingerprint density at radius 2 is 2.16 bits per heavy atom. The molecule has 1 saturated heterocycles. The van der Waals surface area contributed by atoms with Gasteiger partial charge in [0.25, 0.3) is 0 Å². The van der Waals surface area contributed by atoms with Crippen LogP contribution in [0.15, 0.2) is 35.3 Å². The largest absolute Gasteiger partial charge is 0.504 e. The van der Waals surface area contributed by atoms with Crippen molar-refractivity contribution in [3.8, 4) is 11.5 Å². The highest BCUT2D eigenvalue weighted by Gasteiger charge is 2.29. The van der Waals surface area contributed by atoms with Crippen molar-refractivity contribution in [2.45, 2.75) is 25.9 Å². The standard InChI is InChI=1S/C19H28N4O2/c1-3-20-19(21-13-15-6-7-18(25-2)17(24)12-15)23-11-8-16(14-23)22-9-4-5-10-22/h4-7,12,16,24H,3,8-11,13-14H2,1-2H3,(H,20,21). The number of phenols is 1. The number of nitrogens with one attached hydrogen (secondary N) is 1. The van der Waals surface area contributed by atoms with Crippen LogP contribution in [-0.4, -0.2) is 66.7 Å². The minimum Gasteiger partial charge on any atom is -0.504 e. The van der Waals surface area contributed by atoms with Crippen LogP contribution in [0.1, 0.15) is 18.9 Å². The quantitative estimate of drug-likeness (QED) is 0.485. The second-order valence-corrected chi connectivity index (χ2v) is 6.49. The fourth-order valence-electron chi connectivity index (χ4n) is 3.45. The minimum atomic E-state index is 0.156. The zero-order chi connectivity index (χ0) is 17.6. The van der Waals surface area contributed by atoms with E-state index in [2.05, 4.69) is 34.2 Å². The number of nitrogens with zero attached hydrogens (tertiary/aromatic N) is 3. The number of benzene rings is 1. The first-order valence-corrected chi connectivity index (χ1v) is 8.99. The van der Waals surface area contributed by atoms with E-state index in [1.165, 1.54) is 6.42 Å². The lowest BCUT2D eigenvalue weighted by Gasteiger charge is -2.25. The van der Waals surface area contributed by atoms with Crippen molar-refractivity contribution in [2.24, 2.45) is 4.99 Å². The van der Waals surface area contributed by atoms with Gasteiger partial charge in [-0.05, 0) is 31.0 Å². The van der Waals surface area contributed by atoms with Crippen LogP contribution in [0.5, 0.6) is 11.5 Å². The van der Waals surface area contributed by atoms with E-state index in [0.717, 1.165) is 44.2 Å². The maximum atomic E-state index is 9.92. The van der Waals surface area contributed by atoms with Crippen molar-refractivity contribution in [2.75, 3.05) is 39.8 Å². The molecule has 3 rings (SSSR count). The van der Waals surface area contributed by atoms with Crippen molar-refractivity contribution in [3.05, 3.63) is 35.9 Å². The molecule has 0 saturated carbocycles. The summed E-state index contributed by atoms with van der Waals surface area (Å²) in [4.78, 5) is 9.63. The monoisotopic (exact) mass is 344 g/mol. The number of phenolic OH excluding ortho intramolecular Hbond substituents is 1. The molecule has 136 valence electrons. The topological polar surface area (TPSA) is 60.3 Å². The SMILES string of the molecule is CCNC(=NCc1ccc(OC)c(O)c1)N1CCC(N2CC=CC2)C1. The Morgan fingerprint density at radius 3 is 2.84 bits per heavy atom. The molecule has 1 aromatic rings. The van der Waals surface area contributed by atoms with E-state index in [4.69, 9.17) is 9.73 Å². The van der Waals surface area contributed by atoms with E-state index in [9.17, 15) is 5.11 Å². The van der Waals surface area contributed by atoms with Crippen LogP contribution in [-0.2, 0) is 6.54 Å². The van der Waals surface area contributed by atoms with Gasteiger partial charge < -0.3 is 20.1 Å². The van der Waals surface area contributed by atoms with Crippen LogP contribution < -0.4 is 10.1 Å². The Labute approximate surface area is 149 Å². The highest BCUT2D eigenvalue weighted by Crippen LogP contribution is 2.26. The van der Waals surface area contributed by atoms with Gasteiger partial charge in [0.05, 0.1) is 13.7 Å². The number of aromatic hydroxyl groups is 1. The fraction of sp³-hybridized carbons (Fsp3) is 0.526. The van der Waals surface area contributed by atoms with Crippen LogP contribution in [0, 0.1) is 0 Å². The minimum absolute atomic E-state index is 0.156. The van der Waals surface area contributed by atoms with Gasteiger partial charge in [0, 0.05) is 38.8 Å². The Balaban J connectivity index is 1.64. The molecule has 0 aromatic heterocycles. The first kappa shape index (κ1) is 17.6. The summed E-state index contributed by atoms with van der Waals surface area (Å²) in [5, 5.41) is 13.3. The van der Waals surface area contributed by atoms with Gasteiger partial charge in [-0.2, -0.15) is 0 Å². The molecular formula is C19H28N4O2. The summed E-state index contributed by atoms with van der Waals surface area (Å²) in [6.07, 6.45) is 5.67. The summed E-state index contributed by atoms with van der Waals surface area (Å²) in [7, 11) is 1.55. The summed E-state index contributed by atoms with van der Waals surface area (Å²) < 4.78 is 5.09. The van der Waals surface area contributed by atoms with Gasteiger partial charge in [-0.15, -0.1) is 0 Å². The van der Waals surface area contributed by atoms with Gasteiger partial charge in [-0.1, -0.05) is 18.2 Å². The number of aliphatic imine (C=N–C) groups is 1. The molecule has 0 radical (unpaired) electrons. The van der Waals surface area contributed by atoms with Crippen molar-refractivity contribution in [1.82, 2.24) is 15.1 Å². The molecule has 2 aliphatic rings. The molecule has 0 spiro atoms. The van der Waals surface area contributed by atoms with E-state index in [1.54, 1.807) is 19.2 Å². The normalized spacial score (nSPS) is 21.1. The van der Waals surface area contributed by atoms with E-state index >= 15 is 0 Å². The Morgan fingerprint density at radius 1 is 1.36 bits per heavy atom. The molecule has 2 N–H and O–H groups in total. The lowest BCUT2D eigenvalue weighted by molar-refractivity contribution is 0.259. The van der Waals surface area contributed by atoms with Crippen LogP contribution in [0.25, 0.3) is 0 Å². The molecule has 0 aliphatic carbocycles. The van der Waals surface area contributed by atoms with Crippen molar-refractivity contribution >= 4 is 5.96 Å². The summed E-state index contributed by atoms with van der Waals surface area (Å²) in [6.45, 7) is 7.65. The van der Waals surface area contributed by atoms with Gasteiger partial charge in [-0.25, -0.2) is 4.99 Å². The molecule has 0 amide bonds. The van der Waals surface area contributed by atoms with Gasteiger partial charge in [-0.3, -0.25) is 4.90 Å². The maximum Gasteiger partial charge on any atom is 0.194 e. The molecule has 1 fully saturated rings. The van der Waals surface area contributed by atoms with Crippen LogP contribution >= 0.6 is 0 Å². The third-order valence-corrected chi connectivity index (χ3v) is 4.82. The third-order valence-electron chi connectivity index (χ3n) is 4.82. The molecule has 1 unspecified atom stereocenters. The predicted octanol–water partition coefficient (Wildman–Crippen LogP) is 1.81. The first-order chi connectivity index (χ1) is 12.2. The maximum absolute atomic E-state index is 9.92. The van der Waals surface area contributed by atoms with Crippen molar-refractivity contribution < 1.29 is 9.84 Å². The zero-order valence-electron chi connectivity index (χ0n) is 15.1. The molecular weight excluding hydrogens is 316 g/mol. The van der Waals surface area contributed by atoms with Gasteiger partial charge in [0.1, 0.15) is 0 Å². The predicted molar refractivity (Wildman–Crippen MR) is 100 cm³/mol. The highest BCUT2D eigenvalue weighted by molar-refractivity contribution is 5.80. The van der Waals surface area contributed by atoms with E-state index in [1.807, 2.05) is 6.07 Å². The number of hydrogen-bond acceptors (Lipinski definition) is 4. The molecule has 2 aliphatic heterocycles. The van der Waals surface area contributed by atoms with Crippen LogP contribution in [0.3, 0.4) is 0 Å². The zero-order valence-corrected chi connectivity index (χ0v) is 15.1. The van der Waals surface area contributed by atoms with Crippen LogP contribution in [0.2, 0.25) is 0 Å². The number of guanidine groups is 1. The van der Waals surface area contributed by atoms with Gasteiger partial charge >= 0.3 is 0 Å². The first-order valence-electron chi connectivity index (χ1n) is 8.99. The van der Waals surface area contributed by atoms with E-state index in [0.29, 0.717) is 18.3 Å². The number of likely N-dealkylation sites (tertiary alicyclic amines) is 1. The summed E-state index contributed by atoms with van der Waals surface area (Å²) >= 11 is 0. The van der Waals surface area contributed by atoms with Gasteiger partial charge in [0.15, 0.2) is 17.5 Å². The summed E-state index contributed by atoms with van der Waals surface area (Å²) in [5.41, 5.74) is 0.966. The van der Waals surface area contributed by atoms with E-state index in [-0.39, 0.29) is 5.75 Å². The Kier molecular flexibility index (Phi) is 5.81. The Hall–Kier alpha value is -2.21. The second kappa shape index (κ2) is 8.25. The Bertz CT molecular complexity index is 636. The average molecular weight is 344 g/mol. The average Bonchev–Trinajstić information content (AvgIpc) is 3.29. The number of hydrogen-bond donors (Lipinski definition) is 2. The lowest BCUT2D eigenvalue weighted by atomic mass is 10.2. The number of rotatable bonds is 5.